The lowest BCUT2D eigenvalue weighted by molar-refractivity contribution is 0.0600. The average Bonchev–Trinajstić information content (AvgIpc) is 2.72. The first-order valence-electron chi connectivity index (χ1n) is 8.71. The van der Waals surface area contributed by atoms with Crippen LogP contribution >= 0.6 is 0 Å². The van der Waals surface area contributed by atoms with Gasteiger partial charge in [0.2, 0.25) is 5.88 Å². The molecule has 2 N–H and O–H groups in total. The molecule has 5 heteroatoms. The number of ether oxygens (including phenoxy) is 2. The number of carbonyl (C=O) groups excluding carboxylic acids is 1. The maximum Gasteiger partial charge on any atom is 0.337 e. The molecule has 2 aromatic rings. The molecule has 5 nitrogen and oxygen atoms in total. The van der Waals surface area contributed by atoms with Crippen molar-refractivity contribution in [1.29, 1.82) is 5.26 Å². The van der Waals surface area contributed by atoms with Gasteiger partial charge >= 0.3 is 5.97 Å². The molecule has 1 heterocycles. The molecule has 0 amide bonds. The van der Waals surface area contributed by atoms with Crippen molar-refractivity contribution in [3.63, 3.8) is 0 Å². The number of rotatable bonds is 2. The van der Waals surface area contributed by atoms with Crippen molar-refractivity contribution in [2.24, 2.45) is 5.73 Å². The fraction of sp³-hybridized carbons (Fsp3) is 0.182. The molecule has 4 rings (SSSR count). The van der Waals surface area contributed by atoms with Gasteiger partial charge in [-0.3, -0.25) is 0 Å². The molecular weight excluding hydrogens is 340 g/mol. The number of nitriles is 1. The van der Waals surface area contributed by atoms with E-state index in [9.17, 15) is 10.1 Å². The zero-order chi connectivity index (χ0) is 19.0. The molecule has 2 aromatic carbocycles. The molecule has 1 aliphatic heterocycles. The summed E-state index contributed by atoms with van der Waals surface area (Å²) in [7, 11) is 1.35. The number of esters is 1. The van der Waals surface area contributed by atoms with Gasteiger partial charge in [0.15, 0.2) is 0 Å². The van der Waals surface area contributed by atoms with Gasteiger partial charge in [-0.1, -0.05) is 36.4 Å². The summed E-state index contributed by atoms with van der Waals surface area (Å²) >= 11 is 0. The number of fused-ring (bicyclic) bond motifs is 2. The molecule has 1 atom stereocenters. The molecular formula is C22H18N2O3. The fourth-order valence-electron chi connectivity index (χ4n) is 3.84. The second-order valence-corrected chi connectivity index (χ2v) is 6.55. The Morgan fingerprint density at radius 1 is 1.22 bits per heavy atom. The third-order valence-electron chi connectivity index (χ3n) is 5.09. The van der Waals surface area contributed by atoms with E-state index in [0.717, 1.165) is 35.3 Å². The molecule has 0 spiro atoms. The Morgan fingerprint density at radius 3 is 2.81 bits per heavy atom. The van der Waals surface area contributed by atoms with Crippen LogP contribution in [0.25, 0.3) is 5.76 Å². The summed E-state index contributed by atoms with van der Waals surface area (Å²) in [5, 5.41) is 9.72. The van der Waals surface area contributed by atoms with Crippen molar-refractivity contribution in [2.45, 2.75) is 18.8 Å². The Balaban J connectivity index is 1.89. The van der Waals surface area contributed by atoms with Gasteiger partial charge in [-0.25, -0.2) is 4.79 Å². The fourth-order valence-corrected chi connectivity index (χ4v) is 3.84. The molecule has 0 bridgehead atoms. The third kappa shape index (κ3) is 2.76. The first kappa shape index (κ1) is 16.9. The van der Waals surface area contributed by atoms with E-state index < -0.39 is 5.97 Å². The van der Waals surface area contributed by atoms with Crippen molar-refractivity contribution in [3.05, 3.63) is 87.8 Å². The number of benzene rings is 2. The lowest BCUT2D eigenvalue weighted by atomic mass is 9.76. The lowest BCUT2D eigenvalue weighted by Crippen LogP contribution is -2.23. The maximum absolute atomic E-state index is 11.9. The molecule has 0 saturated carbocycles. The molecule has 0 fully saturated rings. The molecule has 0 saturated heterocycles. The average molecular weight is 358 g/mol. The molecule has 134 valence electrons. The highest BCUT2D eigenvalue weighted by Crippen LogP contribution is 2.47. The molecule has 27 heavy (non-hydrogen) atoms. The van der Waals surface area contributed by atoms with Crippen LogP contribution in [0.5, 0.6) is 0 Å². The second-order valence-electron chi connectivity index (χ2n) is 6.55. The van der Waals surface area contributed by atoms with E-state index in [0.29, 0.717) is 11.1 Å². The van der Waals surface area contributed by atoms with Crippen LogP contribution in [0, 0.1) is 11.3 Å². The van der Waals surface area contributed by atoms with Gasteiger partial charge in [0.1, 0.15) is 17.4 Å². The first-order chi connectivity index (χ1) is 13.1. The Kier molecular flexibility index (Phi) is 4.17. The molecule has 1 unspecified atom stereocenters. The quantitative estimate of drug-likeness (QED) is 0.829. The predicted octanol–water partition coefficient (Wildman–Crippen LogP) is 3.64. The Hall–Kier alpha value is -3.52. The lowest BCUT2D eigenvalue weighted by Gasteiger charge is -2.33. The topological polar surface area (TPSA) is 85.3 Å². The van der Waals surface area contributed by atoms with E-state index in [1.807, 2.05) is 24.3 Å². The van der Waals surface area contributed by atoms with Crippen LogP contribution in [0.15, 0.2) is 65.6 Å². The Labute approximate surface area is 157 Å². The molecule has 1 aliphatic carbocycles. The number of nitrogens with two attached hydrogens (primary N) is 1. The standard InChI is InChI=1S/C22H18N2O3/c1-26-22(25)15-7-4-6-14(11-15)19-17-10-9-13-5-2-3-8-16(13)20(17)27-21(24)18(19)12-23/h2-8,11,19H,9-10,24H2,1H3. The number of nitrogens with zero attached hydrogens (tertiary/aromatic N) is 1. The zero-order valence-electron chi connectivity index (χ0n) is 14.9. The summed E-state index contributed by atoms with van der Waals surface area (Å²) < 4.78 is 10.7. The van der Waals surface area contributed by atoms with Crippen molar-refractivity contribution in [2.75, 3.05) is 7.11 Å². The zero-order valence-corrected chi connectivity index (χ0v) is 14.9. The summed E-state index contributed by atoms with van der Waals surface area (Å²) in [6, 6.07) is 17.4. The summed E-state index contributed by atoms with van der Waals surface area (Å²) in [5.74, 6) is 0.0857. The normalized spacial score (nSPS) is 18.1. The van der Waals surface area contributed by atoms with Gasteiger partial charge in [-0.2, -0.15) is 5.26 Å². The van der Waals surface area contributed by atoms with Gasteiger partial charge in [-0.15, -0.1) is 0 Å². The van der Waals surface area contributed by atoms with Crippen molar-refractivity contribution >= 4 is 11.7 Å². The van der Waals surface area contributed by atoms with Crippen molar-refractivity contribution in [1.82, 2.24) is 0 Å². The first-order valence-corrected chi connectivity index (χ1v) is 8.71. The summed E-state index contributed by atoms with van der Waals surface area (Å²) in [6.45, 7) is 0. The third-order valence-corrected chi connectivity index (χ3v) is 5.09. The van der Waals surface area contributed by atoms with Gasteiger partial charge < -0.3 is 15.2 Å². The highest BCUT2D eigenvalue weighted by atomic mass is 16.5. The van der Waals surface area contributed by atoms with Crippen LogP contribution in [0.3, 0.4) is 0 Å². The Morgan fingerprint density at radius 2 is 2.04 bits per heavy atom. The van der Waals surface area contributed by atoms with Gasteiger partial charge in [-0.05, 0) is 41.7 Å². The number of methoxy groups -OCH3 is 1. The van der Waals surface area contributed by atoms with Crippen LogP contribution in [0.1, 0.15) is 39.4 Å². The van der Waals surface area contributed by atoms with E-state index in [-0.39, 0.29) is 11.8 Å². The van der Waals surface area contributed by atoms with Crippen LogP contribution in [0.2, 0.25) is 0 Å². The molecule has 2 aliphatic rings. The van der Waals surface area contributed by atoms with E-state index in [1.165, 1.54) is 12.7 Å². The number of aryl methyl sites for hydroxylation is 1. The van der Waals surface area contributed by atoms with E-state index >= 15 is 0 Å². The smallest absolute Gasteiger partial charge is 0.337 e. The molecule has 0 aromatic heterocycles. The van der Waals surface area contributed by atoms with Gasteiger partial charge in [0.25, 0.3) is 0 Å². The summed E-state index contributed by atoms with van der Waals surface area (Å²) in [6.07, 6.45) is 1.63. The minimum Gasteiger partial charge on any atom is -0.465 e. The minimum atomic E-state index is -0.414. The van der Waals surface area contributed by atoms with E-state index in [2.05, 4.69) is 12.1 Å². The highest BCUT2D eigenvalue weighted by molar-refractivity contribution is 5.89. The Bertz CT molecular complexity index is 1040. The highest BCUT2D eigenvalue weighted by Gasteiger charge is 2.35. The predicted molar refractivity (Wildman–Crippen MR) is 100 cm³/mol. The SMILES string of the molecule is COC(=O)c1cccc(C2C(C#N)=C(N)OC3=C2CCc2ccccc23)c1. The number of carbonyl (C=O) groups is 1. The number of allylic oxidation sites excluding steroid dienone is 2. The number of hydrogen-bond acceptors (Lipinski definition) is 5. The largest absolute Gasteiger partial charge is 0.465 e. The molecule has 0 radical (unpaired) electrons. The van der Waals surface area contributed by atoms with Gasteiger partial charge in [0, 0.05) is 11.5 Å². The van der Waals surface area contributed by atoms with Crippen molar-refractivity contribution < 1.29 is 14.3 Å². The summed E-state index contributed by atoms with van der Waals surface area (Å²) in [4.78, 5) is 11.9. The van der Waals surface area contributed by atoms with Crippen LogP contribution in [-0.4, -0.2) is 13.1 Å². The van der Waals surface area contributed by atoms with Crippen LogP contribution < -0.4 is 5.73 Å². The maximum atomic E-state index is 11.9. The monoisotopic (exact) mass is 358 g/mol. The summed E-state index contributed by atoms with van der Waals surface area (Å²) in [5.41, 5.74) is 11.0. The minimum absolute atomic E-state index is 0.112. The van der Waals surface area contributed by atoms with Crippen molar-refractivity contribution in [3.8, 4) is 6.07 Å². The van der Waals surface area contributed by atoms with E-state index in [4.69, 9.17) is 15.2 Å². The van der Waals surface area contributed by atoms with Gasteiger partial charge in [0.05, 0.1) is 12.7 Å². The second kappa shape index (κ2) is 6.65. The van der Waals surface area contributed by atoms with Crippen LogP contribution in [-0.2, 0) is 15.9 Å². The van der Waals surface area contributed by atoms with E-state index in [1.54, 1.807) is 18.2 Å². The number of hydrogen-bond donors (Lipinski definition) is 1. The van der Waals surface area contributed by atoms with Crippen LogP contribution in [0.4, 0.5) is 0 Å².